The summed E-state index contributed by atoms with van der Waals surface area (Å²) in [5, 5.41) is 10.1. The number of rotatable bonds is 5. The van der Waals surface area contributed by atoms with Crippen LogP contribution in [0.3, 0.4) is 0 Å². The number of thioether (sulfide) groups is 1. The fraction of sp³-hybridized carbons (Fsp3) is 0.550. The van der Waals surface area contributed by atoms with Crippen molar-refractivity contribution >= 4 is 35.2 Å². The fourth-order valence-corrected chi connectivity index (χ4v) is 5.01. The number of halogens is 1. The first kappa shape index (κ1) is 19.6. The van der Waals surface area contributed by atoms with Gasteiger partial charge in [-0.05, 0) is 57.2 Å². The lowest BCUT2D eigenvalue weighted by Crippen LogP contribution is -2.40. The van der Waals surface area contributed by atoms with E-state index in [4.69, 9.17) is 11.6 Å². The van der Waals surface area contributed by atoms with Gasteiger partial charge in [0.1, 0.15) is 0 Å². The third-order valence-corrected chi connectivity index (χ3v) is 6.63. The summed E-state index contributed by atoms with van der Waals surface area (Å²) in [4.78, 5) is 17.1. The van der Waals surface area contributed by atoms with E-state index in [9.17, 15) is 4.79 Å². The van der Waals surface area contributed by atoms with Gasteiger partial charge < -0.3 is 9.80 Å². The molecular formula is C20H26ClN5OS. The van der Waals surface area contributed by atoms with E-state index in [1.807, 2.05) is 40.7 Å². The Morgan fingerprint density at radius 3 is 2.50 bits per heavy atom. The molecule has 1 amide bonds. The highest BCUT2D eigenvalue weighted by Crippen LogP contribution is 2.32. The molecule has 150 valence electrons. The van der Waals surface area contributed by atoms with Crippen molar-refractivity contribution in [3.63, 3.8) is 0 Å². The smallest absolute Gasteiger partial charge is 0.235 e. The molecular weight excluding hydrogens is 394 g/mol. The topological polar surface area (TPSA) is 54.3 Å². The summed E-state index contributed by atoms with van der Waals surface area (Å²) in [6.07, 6.45) is 5.74. The second-order valence-corrected chi connectivity index (χ2v) is 9.18. The first-order valence-corrected chi connectivity index (χ1v) is 11.3. The predicted molar refractivity (Wildman–Crippen MR) is 114 cm³/mol. The Kier molecular flexibility index (Phi) is 6.11. The van der Waals surface area contributed by atoms with E-state index in [1.165, 1.54) is 18.2 Å². The third-order valence-electron chi connectivity index (χ3n) is 5.37. The maximum atomic E-state index is 12.9. The molecule has 0 bridgehead atoms. The van der Waals surface area contributed by atoms with Crippen LogP contribution in [0.5, 0.6) is 0 Å². The highest BCUT2D eigenvalue weighted by atomic mass is 35.5. The van der Waals surface area contributed by atoms with Gasteiger partial charge in [-0.2, -0.15) is 0 Å². The first-order valence-electron chi connectivity index (χ1n) is 10.1. The lowest BCUT2D eigenvalue weighted by molar-refractivity contribution is -0.131. The van der Waals surface area contributed by atoms with Crippen molar-refractivity contribution in [3.05, 3.63) is 29.3 Å². The molecule has 0 aliphatic carbocycles. The van der Waals surface area contributed by atoms with Crippen molar-refractivity contribution in [1.29, 1.82) is 0 Å². The van der Waals surface area contributed by atoms with Gasteiger partial charge in [0.25, 0.3) is 0 Å². The summed E-state index contributed by atoms with van der Waals surface area (Å²) in [7, 11) is 0. The Labute approximate surface area is 175 Å². The van der Waals surface area contributed by atoms with Crippen LogP contribution in [-0.4, -0.2) is 57.0 Å². The van der Waals surface area contributed by atoms with E-state index < -0.39 is 0 Å². The molecule has 0 N–H and O–H groups in total. The molecule has 6 nitrogen and oxygen atoms in total. The van der Waals surface area contributed by atoms with Crippen molar-refractivity contribution in [2.75, 3.05) is 31.1 Å². The number of carbonyl (C=O) groups excluding carboxylic acids is 1. The molecule has 2 aliphatic rings. The van der Waals surface area contributed by atoms with Crippen molar-refractivity contribution in [2.45, 2.75) is 49.4 Å². The Balaban J connectivity index is 1.62. The van der Waals surface area contributed by atoms with Gasteiger partial charge in [-0.15, -0.1) is 10.2 Å². The number of likely N-dealkylation sites (tertiary alicyclic amines) is 1. The second kappa shape index (κ2) is 8.74. The van der Waals surface area contributed by atoms with Crippen LogP contribution in [0.15, 0.2) is 29.4 Å². The average Bonchev–Trinajstić information content (AvgIpc) is 3.37. The Hall–Kier alpha value is -1.73. The molecule has 2 aromatic rings. The highest BCUT2D eigenvalue weighted by Gasteiger charge is 2.27. The zero-order valence-electron chi connectivity index (χ0n) is 16.2. The van der Waals surface area contributed by atoms with E-state index in [0.29, 0.717) is 5.02 Å². The molecule has 1 unspecified atom stereocenters. The van der Waals surface area contributed by atoms with Crippen LogP contribution in [0, 0.1) is 0 Å². The van der Waals surface area contributed by atoms with E-state index in [-0.39, 0.29) is 11.2 Å². The molecule has 4 rings (SSSR count). The summed E-state index contributed by atoms with van der Waals surface area (Å²) in [6.45, 7) is 5.65. The van der Waals surface area contributed by atoms with Crippen LogP contribution in [-0.2, 0) is 4.79 Å². The number of carbonyl (C=O) groups is 1. The Morgan fingerprint density at radius 2 is 1.79 bits per heavy atom. The standard InChI is InChI=1S/C20H26ClN5OS/c1-15(18(27)24-10-3-2-4-11-24)28-20-23-22-19(25-12-5-6-13-25)26(20)17-9-7-8-16(21)14-17/h7-9,14-15H,2-6,10-13H2,1H3. The monoisotopic (exact) mass is 419 g/mol. The summed E-state index contributed by atoms with van der Waals surface area (Å²) in [6, 6.07) is 7.73. The van der Waals surface area contributed by atoms with E-state index in [2.05, 4.69) is 15.1 Å². The largest absolute Gasteiger partial charge is 0.342 e. The van der Waals surface area contributed by atoms with Gasteiger partial charge in [-0.1, -0.05) is 29.4 Å². The summed E-state index contributed by atoms with van der Waals surface area (Å²) in [5.41, 5.74) is 0.930. The number of nitrogens with zero attached hydrogens (tertiary/aromatic N) is 5. The van der Waals surface area contributed by atoms with Crippen LogP contribution in [0.1, 0.15) is 39.0 Å². The first-order chi connectivity index (χ1) is 13.6. The minimum Gasteiger partial charge on any atom is -0.342 e. The molecule has 2 saturated heterocycles. The molecule has 1 atom stereocenters. The molecule has 0 saturated carbocycles. The number of hydrogen-bond acceptors (Lipinski definition) is 5. The molecule has 0 radical (unpaired) electrons. The van der Waals surface area contributed by atoms with Gasteiger partial charge in [-0.25, -0.2) is 0 Å². The van der Waals surface area contributed by atoms with Crippen molar-refractivity contribution in [1.82, 2.24) is 19.7 Å². The number of hydrogen-bond donors (Lipinski definition) is 0. The van der Waals surface area contributed by atoms with Gasteiger partial charge in [0.15, 0.2) is 5.16 Å². The molecule has 2 aliphatic heterocycles. The maximum absolute atomic E-state index is 12.9. The van der Waals surface area contributed by atoms with Crippen LogP contribution >= 0.6 is 23.4 Å². The number of benzene rings is 1. The van der Waals surface area contributed by atoms with Gasteiger partial charge in [0, 0.05) is 31.2 Å². The minimum absolute atomic E-state index is 0.188. The van der Waals surface area contributed by atoms with E-state index in [0.717, 1.165) is 68.7 Å². The average molecular weight is 420 g/mol. The van der Waals surface area contributed by atoms with Crippen LogP contribution < -0.4 is 4.90 Å². The van der Waals surface area contributed by atoms with Crippen LogP contribution in [0.2, 0.25) is 5.02 Å². The second-order valence-electron chi connectivity index (χ2n) is 7.44. The Bertz CT molecular complexity index is 830. The molecule has 28 heavy (non-hydrogen) atoms. The van der Waals surface area contributed by atoms with E-state index in [1.54, 1.807) is 0 Å². The van der Waals surface area contributed by atoms with Crippen LogP contribution in [0.25, 0.3) is 5.69 Å². The molecule has 3 heterocycles. The number of anilines is 1. The zero-order chi connectivity index (χ0) is 19.5. The Morgan fingerprint density at radius 1 is 1.07 bits per heavy atom. The zero-order valence-corrected chi connectivity index (χ0v) is 17.8. The van der Waals surface area contributed by atoms with Gasteiger partial charge >= 0.3 is 0 Å². The SMILES string of the molecule is CC(Sc1nnc(N2CCCC2)n1-c1cccc(Cl)c1)C(=O)N1CCCCC1. The third kappa shape index (κ3) is 4.15. The van der Waals surface area contributed by atoms with Gasteiger partial charge in [0.05, 0.1) is 10.9 Å². The number of aromatic nitrogens is 3. The minimum atomic E-state index is -0.202. The molecule has 1 aromatic heterocycles. The van der Waals surface area contributed by atoms with Gasteiger partial charge in [0.2, 0.25) is 11.9 Å². The molecule has 8 heteroatoms. The number of amides is 1. The van der Waals surface area contributed by atoms with Crippen molar-refractivity contribution in [3.8, 4) is 5.69 Å². The highest BCUT2D eigenvalue weighted by molar-refractivity contribution is 8.00. The normalized spacial score (nSPS) is 18.5. The summed E-state index contributed by atoms with van der Waals surface area (Å²) >= 11 is 7.73. The van der Waals surface area contributed by atoms with Gasteiger partial charge in [-0.3, -0.25) is 9.36 Å². The van der Waals surface area contributed by atoms with Crippen molar-refractivity contribution in [2.24, 2.45) is 0 Å². The lowest BCUT2D eigenvalue weighted by atomic mass is 10.1. The fourth-order valence-electron chi connectivity index (χ4n) is 3.88. The lowest BCUT2D eigenvalue weighted by Gasteiger charge is -2.29. The summed E-state index contributed by atoms with van der Waals surface area (Å²) < 4.78 is 2.04. The van der Waals surface area contributed by atoms with Crippen molar-refractivity contribution < 1.29 is 4.79 Å². The van der Waals surface area contributed by atoms with Crippen LogP contribution in [0.4, 0.5) is 5.95 Å². The predicted octanol–water partition coefficient (Wildman–Crippen LogP) is 4.01. The molecule has 2 fully saturated rings. The maximum Gasteiger partial charge on any atom is 0.235 e. The quantitative estimate of drug-likeness (QED) is 0.685. The molecule has 0 spiro atoms. The summed E-state index contributed by atoms with van der Waals surface area (Å²) in [5.74, 6) is 1.02. The molecule has 1 aromatic carbocycles. The number of piperidine rings is 1. The van der Waals surface area contributed by atoms with E-state index >= 15 is 0 Å².